The van der Waals surface area contributed by atoms with Crippen LogP contribution in [0.3, 0.4) is 0 Å². The molecular formula is C34H24Br2N2O4. The quantitative estimate of drug-likeness (QED) is 0.225. The number of halogens is 2. The van der Waals surface area contributed by atoms with Gasteiger partial charge >= 0.3 is 0 Å². The minimum atomic E-state index is -1.37. The Morgan fingerprint density at radius 1 is 0.881 bits per heavy atom. The van der Waals surface area contributed by atoms with Gasteiger partial charge in [0.05, 0.1) is 23.5 Å². The Hall–Kier alpha value is -4.01. The second-order valence-corrected chi connectivity index (χ2v) is 12.4. The minimum absolute atomic E-state index is 0.253. The van der Waals surface area contributed by atoms with Crippen LogP contribution in [0.25, 0.3) is 6.08 Å². The first-order valence-electron chi connectivity index (χ1n) is 13.5. The average Bonchev–Trinajstić information content (AvgIpc) is 3.49. The SMILES string of the molecule is COc1ccc(C(=O)[C@H]2[C@H](C(=O)c3ccc(Br)cc3)[C@]3(C(=O)Nc4ccccc43)[C@H]3c4ccccc4C=CN23)cc1Br. The van der Waals surface area contributed by atoms with Crippen molar-refractivity contribution in [2.45, 2.75) is 17.5 Å². The van der Waals surface area contributed by atoms with Crippen LogP contribution < -0.4 is 10.1 Å². The number of hydrogen-bond acceptors (Lipinski definition) is 5. The summed E-state index contributed by atoms with van der Waals surface area (Å²) in [4.78, 5) is 46.0. The molecule has 4 aromatic carbocycles. The lowest BCUT2D eigenvalue weighted by molar-refractivity contribution is -0.122. The number of Topliss-reactive ketones (excluding diaryl/α,β-unsaturated/α-hetero) is 2. The summed E-state index contributed by atoms with van der Waals surface area (Å²) in [5.74, 6) is -1.25. The number of fused-ring (bicyclic) bond motifs is 6. The molecular weight excluding hydrogens is 660 g/mol. The van der Waals surface area contributed by atoms with Gasteiger partial charge in [0.15, 0.2) is 11.6 Å². The van der Waals surface area contributed by atoms with Crippen molar-refractivity contribution < 1.29 is 19.1 Å². The Morgan fingerprint density at radius 2 is 1.60 bits per heavy atom. The van der Waals surface area contributed by atoms with Crippen molar-refractivity contribution in [3.63, 3.8) is 0 Å². The third-order valence-corrected chi connectivity index (χ3v) is 9.83. The van der Waals surface area contributed by atoms with Gasteiger partial charge in [0, 0.05) is 27.5 Å². The Morgan fingerprint density at radius 3 is 2.36 bits per heavy atom. The maximum atomic E-state index is 14.8. The second-order valence-electron chi connectivity index (χ2n) is 10.7. The molecule has 0 aliphatic carbocycles. The summed E-state index contributed by atoms with van der Waals surface area (Å²) in [6, 6.07) is 26.1. The summed E-state index contributed by atoms with van der Waals surface area (Å²) < 4.78 is 6.85. The van der Waals surface area contributed by atoms with E-state index in [9.17, 15) is 14.4 Å². The number of hydrogen-bond donors (Lipinski definition) is 1. The monoisotopic (exact) mass is 682 g/mol. The zero-order valence-electron chi connectivity index (χ0n) is 22.4. The molecule has 1 amide bonds. The molecule has 1 spiro atoms. The summed E-state index contributed by atoms with van der Waals surface area (Å²) in [7, 11) is 1.56. The molecule has 4 atom stereocenters. The van der Waals surface area contributed by atoms with E-state index in [0.717, 1.165) is 21.2 Å². The molecule has 1 fully saturated rings. The number of ketones is 2. The number of nitrogens with zero attached hydrogens (tertiary/aromatic N) is 1. The zero-order valence-corrected chi connectivity index (χ0v) is 25.6. The highest BCUT2D eigenvalue weighted by Crippen LogP contribution is 2.62. The number of rotatable bonds is 5. The number of benzene rings is 4. The van der Waals surface area contributed by atoms with Gasteiger partial charge in [0.2, 0.25) is 5.91 Å². The number of para-hydroxylation sites is 1. The van der Waals surface area contributed by atoms with E-state index in [1.165, 1.54) is 0 Å². The first-order chi connectivity index (χ1) is 20.4. The Kier molecular flexibility index (Phi) is 6.44. The number of ether oxygens (including phenoxy) is 1. The molecule has 0 unspecified atom stereocenters. The van der Waals surface area contributed by atoms with Gasteiger partial charge in [-0.05, 0) is 75.1 Å². The molecule has 1 N–H and O–H groups in total. The molecule has 7 rings (SSSR count). The predicted octanol–water partition coefficient (Wildman–Crippen LogP) is 7.20. The van der Waals surface area contributed by atoms with Crippen LogP contribution in [0.15, 0.2) is 106 Å². The Bertz CT molecular complexity index is 1820. The van der Waals surface area contributed by atoms with Gasteiger partial charge in [-0.2, -0.15) is 0 Å². The first-order valence-corrected chi connectivity index (χ1v) is 15.1. The van der Waals surface area contributed by atoms with Crippen molar-refractivity contribution in [1.29, 1.82) is 0 Å². The highest BCUT2D eigenvalue weighted by molar-refractivity contribution is 9.10. The molecule has 3 aliphatic rings. The molecule has 0 saturated carbocycles. The largest absolute Gasteiger partial charge is 0.496 e. The molecule has 3 heterocycles. The van der Waals surface area contributed by atoms with Gasteiger partial charge in [-0.15, -0.1) is 0 Å². The van der Waals surface area contributed by atoms with E-state index in [1.807, 2.05) is 65.7 Å². The number of carbonyl (C=O) groups is 3. The van der Waals surface area contributed by atoms with E-state index in [4.69, 9.17) is 4.74 Å². The molecule has 42 heavy (non-hydrogen) atoms. The third-order valence-electron chi connectivity index (χ3n) is 8.69. The average molecular weight is 684 g/mol. The van der Waals surface area contributed by atoms with E-state index in [0.29, 0.717) is 27.0 Å². The van der Waals surface area contributed by atoms with Gasteiger partial charge in [0.1, 0.15) is 17.2 Å². The number of methoxy groups -OCH3 is 1. The molecule has 0 bridgehead atoms. The Labute approximate surface area is 259 Å². The van der Waals surface area contributed by atoms with E-state index in [-0.39, 0.29) is 17.5 Å². The van der Waals surface area contributed by atoms with Crippen molar-refractivity contribution in [3.05, 3.63) is 134 Å². The summed E-state index contributed by atoms with van der Waals surface area (Å²) in [6.45, 7) is 0. The summed E-state index contributed by atoms with van der Waals surface area (Å²) in [5, 5.41) is 3.08. The maximum Gasteiger partial charge on any atom is 0.238 e. The smallest absolute Gasteiger partial charge is 0.238 e. The molecule has 8 heteroatoms. The van der Waals surface area contributed by atoms with Gasteiger partial charge < -0.3 is 15.0 Å². The summed E-state index contributed by atoms with van der Waals surface area (Å²) >= 11 is 6.97. The van der Waals surface area contributed by atoms with Crippen molar-refractivity contribution in [2.24, 2.45) is 5.92 Å². The van der Waals surface area contributed by atoms with Crippen LogP contribution in [0.2, 0.25) is 0 Å². The molecule has 1 saturated heterocycles. The van der Waals surface area contributed by atoms with Gasteiger partial charge in [-0.3, -0.25) is 14.4 Å². The number of amides is 1. The first kappa shape index (κ1) is 26.9. The highest BCUT2D eigenvalue weighted by Gasteiger charge is 2.70. The highest BCUT2D eigenvalue weighted by atomic mass is 79.9. The van der Waals surface area contributed by atoms with Gasteiger partial charge in [-0.1, -0.05) is 70.5 Å². The van der Waals surface area contributed by atoms with Crippen LogP contribution in [0.1, 0.15) is 43.4 Å². The normalized spacial score (nSPS) is 23.3. The lowest BCUT2D eigenvalue weighted by Crippen LogP contribution is -2.49. The van der Waals surface area contributed by atoms with E-state index in [1.54, 1.807) is 49.6 Å². The van der Waals surface area contributed by atoms with E-state index >= 15 is 0 Å². The summed E-state index contributed by atoms with van der Waals surface area (Å²) in [6.07, 6.45) is 3.83. The van der Waals surface area contributed by atoms with Crippen molar-refractivity contribution in [2.75, 3.05) is 12.4 Å². The lowest BCUT2D eigenvalue weighted by Gasteiger charge is -2.38. The molecule has 208 valence electrons. The number of nitrogens with one attached hydrogen (secondary N) is 1. The predicted molar refractivity (Wildman–Crippen MR) is 168 cm³/mol. The van der Waals surface area contributed by atoms with Crippen LogP contribution >= 0.6 is 31.9 Å². The zero-order chi connectivity index (χ0) is 29.2. The lowest BCUT2D eigenvalue weighted by atomic mass is 9.62. The fraction of sp³-hybridized carbons (Fsp3) is 0.147. The van der Waals surface area contributed by atoms with E-state index < -0.39 is 23.4 Å². The van der Waals surface area contributed by atoms with E-state index in [2.05, 4.69) is 37.2 Å². The Balaban J connectivity index is 1.52. The minimum Gasteiger partial charge on any atom is -0.496 e. The molecule has 0 aromatic heterocycles. The van der Waals surface area contributed by atoms with Crippen LogP contribution in [0.4, 0.5) is 5.69 Å². The van der Waals surface area contributed by atoms with Crippen molar-refractivity contribution in [1.82, 2.24) is 4.90 Å². The second kappa shape index (κ2) is 10.1. The molecule has 4 aromatic rings. The fourth-order valence-electron chi connectivity index (χ4n) is 6.95. The molecule has 0 radical (unpaired) electrons. The van der Waals surface area contributed by atoms with Crippen LogP contribution in [-0.2, 0) is 10.2 Å². The molecule has 6 nitrogen and oxygen atoms in total. The van der Waals surface area contributed by atoms with Crippen molar-refractivity contribution in [3.8, 4) is 5.75 Å². The van der Waals surface area contributed by atoms with Crippen molar-refractivity contribution >= 4 is 61.1 Å². The van der Waals surface area contributed by atoms with Crippen LogP contribution in [-0.4, -0.2) is 35.5 Å². The topological polar surface area (TPSA) is 75.7 Å². The standard InChI is InChI=1S/C34H24Br2N2O4/c1-42-27-15-12-21(18-25(27)36)31(40)29-28(30(39)20-10-13-22(35)14-11-20)34(24-8-4-5-9-26(24)37-33(34)41)32-23-7-3-2-6-19(23)16-17-38(29)32/h2-18,28-29,32H,1H3,(H,37,41)/t28-,29-,32-,34+/m1/s1. The fourth-order valence-corrected chi connectivity index (χ4v) is 7.76. The van der Waals surface area contributed by atoms with Gasteiger partial charge in [-0.25, -0.2) is 0 Å². The van der Waals surface area contributed by atoms with Gasteiger partial charge in [0.25, 0.3) is 0 Å². The number of carbonyl (C=O) groups excluding carboxylic acids is 3. The van der Waals surface area contributed by atoms with Crippen LogP contribution in [0.5, 0.6) is 5.75 Å². The molecule has 3 aliphatic heterocycles. The number of anilines is 1. The third kappa shape index (κ3) is 3.78. The summed E-state index contributed by atoms with van der Waals surface area (Å²) in [5.41, 5.74) is 2.70. The maximum absolute atomic E-state index is 14.8. The van der Waals surface area contributed by atoms with Crippen LogP contribution in [0, 0.1) is 5.92 Å².